The molecule has 0 aliphatic carbocycles. The number of nitrogens with one attached hydrogen (secondary N) is 1. The van der Waals surface area contributed by atoms with Gasteiger partial charge in [0.15, 0.2) is 11.6 Å². The van der Waals surface area contributed by atoms with E-state index in [0.717, 1.165) is 17.7 Å². The van der Waals surface area contributed by atoms with Crippen LogP contribution in [0.2, 0.25) is 5.02 Å². The van der Waals surface area contributed by atoms with Crippen molar-refractivity contribution in [2.75, 3.05) is 24.7 Å². The van der Waals surface area contributed by atoms with Gasteiger partial charge in [0, 0.05) is 28.5 Å². The van der Waals surface area contributed by atoms with E-state index in [4.69, 9.17) is 25.8 Å². The summed E-state index contributed by atoms with van der Waals surface area (Å²) in [6.45, 7) is 5.15. The van der Waals surface area contributed by atoms with E-state index in [9.17, 15) is 22.4 Å². The van der Waals surface area contributed by atoms with Gasteiger partial charge in [-0.1, -0.05) is 23.7 Å². The summed E-state index contributed by atoms with van der Waals surface area (Å²) in [4.78, 5) is 11.9. The van der Waals surface area contributed by atoms with E-state index < -0.39 is 41.0 Å². The van der Waals surface area contributed by atoms with Gasteiger partial charge < -0.3 is 19.5 Å². The highest BCUT2D eigenvalue weighted by molar-refractivity contribution is 7.99. The Morgan fingerprint density at radius 3 is 2.48 bits per heavy atom. The molecule has 2 aliphatic rings. The van der Waals surface area contributed by atoms with Crippen molar-refractivity contribution in [2.45, 2.75) is 75.8 Å². The number of fused-ring (bicyclic) bond motifs is 3. The van der Waals surface area contributed by atoms with Crippen molar-refractivity contribution in [3.8, 4) is 5.75 Å². The van der Waals surface area contributed by atoms with Crippen LogP contribution in [0.3, 0.4) is 0 Å². The molecule has 0 aromatic heterocycles. The first-order valence-corrected chi connectivity index (χ1v) is 15.3. The molecule has 1 N–H and O–H groups in total. The maximum absolute atomic E-state index is 15.4. The first-order valence-electron chi connectivity index (χ1n) is 13.8. The van der Waals surface area contributed by atoms with Crippen LogP contribution < -0.4 is 10.1 Å². The highest BCUT2D eigenvalue weighted by atomic mass is 35.5. The lowest BCUT2D eigenvalue weighted by atomic mass is 9.60. The number of rotatable bonds is 9. The van der Waals surface area contributed by atoms with E-state index in [1.807, 2.05) is 17.4 Å². The zero-order chi connectivity index (χ0) is 30.7. The molecule has 2 aromatic rings. The molecule has 1 fully saturated rings. The molecule has 1 unspecified atom stereocenters. The Hall–Kier alpha value is -2.24. The van der Waals surface area contributed by atoms with Crippen LogP contribution in [-0.2, 0) is 21.3 Å². The standard InChI is InChI=1S/C30H35ClF5NO4S/c1-28(2,3)41-27(38)37-24(30(34,35)36)11-15-42-14-10-23-20-17-40-26-22(33)9-8-21(32)25(26)29(20,12-13-39-23)16-18-4-6-19(31)7-5-18/h4-9,20,23-24H,10-17H2,1-3H3,(H,37,38)/t20-,23-,24?,29-/m0/s1. The van der Waals surface area contributed by atoms with Crippen molar-refractivity contribution >= 4 is 29.5 Å². The molecule has 12 heteroatoms. The van der Waals surface area contributed by atoms with Gasteiger partial charge in [-0.3, -0.25) is 0 Å². The average Bonchev–Trinajstić information content (AvgIpc) is 2.89. The normalized spacial score (nSPS) is 22.9. The Bertz CT molecular complexity index is 1240. The SMILES string of the molecule is CC(C)(C)OC(=O)NC(CCSCC[C@@H]1OCC[C@@]2(Cc3ccc(Cl)cc3)c3c(F)ccc(F)c3OC[C@@H]12)C(F)(F)F. The van der Waals surface area contributed by atoms with E-state index in [1.165, 1.54) is 11.8 Å². The second-order valence-corrected chi connectivity index (χ2v) is 13.4. The molecule has 5 nitrogen and oxygen atoms in total. The monoisotopic (exact) mass is 635 g/mol. The second-order valence-electron chi connectivity index (χ2n) is 11.7. The zero-order valence-corrected chi connectivity index (χ0v) is 25.2. The maximum atomic E-state index is 15.4. The minimum atomic E-state index is -4.63. The summed E-state index contributed by atoms with van der Waals surface area (Å²) >= 11 is 7.38. The van der Waals surface area contributed by atoms with Gasteiger partial charge >= 0.3 is 12.3 Å². The second kappa shape index (κ2) is 13.2. The number of hydrogen-bond acceptors (Lipinski definition) is 5. The molecule has 232 valence electrons. The fraction of sp³-hybridized carbons (Fsp3) is 0.567. The smallest absolute Gasteiger partial charge is 0.408 e. The molecule has 4 atom stereocenters. The number of alkyl carbamates (subject to hydrolysis) is 1. The Morgan fingerprint density at radius 2 is 1.81 bits per heavy atom. The van der Waals surface area contributed by atoms with Crippen LogP contribution in [0.1, 0.15) is 51.2 Å². The minimum absolute atomic E-state index is 0.0779. The first kappa shape index (κ1) is 32.7. The molecule has 2 aromatic carbocycles. The van der Waals surface area contributed by atoms with E-state index in [1.54, 1.807) is 32.9 Å². The van der Waals surface area contributed by atoms with Crippen LogP contribution in [0.4, 0.5) is 26.7 Å². The molecular weight excluding hydrogens is 601 g/mol. The number of amides is 1. The fourth-order valence-electron chi connectivity index (χ4n) is 5.77. The molecule has 2 aliphatic heterocycles. The molecule has 1 amide bonds. The van der Waals surface area contributed by atoms with E-state index >= 15 is 4.39 Å². The summed E-state index contributed by atoms with van der Waals surface area (Å²) in [7, 11) is 0. The van der Waals surface area contributed by atoms with Crippen LogP contribution in [0.5, 0.6) is 5.75 Å². The molecule has 0 bridgehead atoms. The molecule has 4 rings (SSSR count). The predicted octanol–water partition coefficient (Wildman–Crippen LogP) is 7.87. The first-order chi connectivity index (χ1) is 19.7. The molecule has 0 saturated carbocycles. The summed E-state index contributed by atoms with van der Waals surface area (Å²) in [6.07, 6.45) is -5.12. The predicted molar refractivity (Wildman–Crippen MR) is 152 cm³/mol. The maximum Gasteiger partial charge on any atom is 0.408 e. The number of carbonyl (C=O) groups is 1. The minimum Gasteiger partial charge on any atom is -0.490 e. The van der Waals surface area contributed by atoms with Crippen molar-refractivity contribution in [3.63, 3.8) is 0 Å². The van der Waals surface area contributed by atoms with Gasteiger partial charge in [0.1, 0.15) is 17.5 Å². The molecule has 0 spiro atoms. The highest BCUT2D eigenvalue weighted by Crippen LogP contribution is 2.53. The topological polar surface area (TPSA) is 56.8 Å². The Morgan fingerprint density at radius 1 is 1.12 bits per heavy atom. The highest BCUT2D eigenvalue weighted by Gasteiger charge is 2.53. The molecular formula is C30H35ClF5NO4S. The fourth-order valence-corrected chi connectivity index (χ4v) is 6.90. The van der Waals surface area contributed by atoms with Crippen LogP contribution in [0, 0.1) is 17.6 Å². The molecule has 0 radical (unpaired) electrons. The summed E-state index contributed by atoms with van der Waals surface area (Å²) in [5.74, 6) is -0.969. The number of halogens is 6. The van der Waals surface area contributed by atoms with Gasteiger partial charge in [-0.2, -0.15) is 24.9 Å². The summed E-state index contributed by atoms with van der Waals surface area (Å²) < 4.78 is 87.7. The van der Waals surface area contributed by atoms with Crippen molar-refractivity contribution in [1.29, 1.82) is 0 Å². The molecule has 42 heavy (non-hydrogen) atoms. The third-order valence-electron chi connectivity index (χ3n) is 7.62. The van der Waals surface area contributed by atoms with Crippen molar-refractivity contribution in [2.24, 2.45) is 5.92 Å². The number of carbonyl (C=O) groups excluding carboxylic acids is 1. The summed E-state index contributed by atoms with van der Waals surface area (Å²) in [5.41, 5.74) is -0.613. The number of benzene rings is 2. The third kappa shape index (κ3) is 7.82. The number of alkyl halides is 3. The lowest BCUT2D eigenvalue weighted by Gasteiger charge is -2.51. The Kier molecular flexibility index (Phi) is 10.2. The van der Waals surface area contributed by atoms with Gasteiger partial charge in [0.05, 0.1) is 12.7 Å². The van der Waals surface area contributed by atoms with Gasteiger partial charge in [-0.15, -0.1) is 0 Å². The van der Waals surface area contributed by atoms with E-state index in [-0.39, 0.29) is 42.1 Å². The van der Waals surface area contributed by atoms with Crippen LogP contribution in [-0.4, -0.2) is 54.7 Å². The van der Waals surface area contributed by atoms with Crippen molar-refractivity contribution in [1.82, 2.24) is 5.32 Å². The van der Waals surface area contributed by atoms with Gasteiger partial charge in [-0.25, -0.2) is 13.6 Å². The van der Waals surface area contributed by atoms with Crippen LogP contribution >= 0.6 is 23.4 Å². The molecule has 1 saturated heterocycles. The van der Waals surface area contributed by atoms with Crippen LogP contribution in [0.25, 0.3) is 0 Å². The van der Waals surface area contributed by atoms with Crippen molar-refractivity contribution in [3.05, 3.63) is 64.2 Å². The number of hydrogen-bond donors (Lipinski definition) is 1. The largest absolute Gasteiger partial charge is 0.490 e. The Balaban J connectivity index is 1.44. The lowest BCUT2D eigenvalue weighted by Crippen LogP contribution is -2.55. The van der Waals surface area contributed by atoms with Gasteiger partial charge in [-0.05, 0) is 87.8 Å². The zero-order valence-electron chi connectivity index (χ0n) is 23.7. The van der Waals surface area contributed by atoms with Crippen molar-refractivity contribution < 1.29 is 41.0 Å². The van der Waals surface area contributed by atoms with E-state index in [0.29, 0.717) is 36.6 Å². The summed E-state index contributed by atoms with van der Waals surface area (Å²) in [6, 6.07) is 7.37. The van der Waals surface area contributed by atoms with Gasteiger partial charge in [0.2, 0.25) is 0 Å². The summed E-state index contributed by atoms with van der Waals surface area (Å²) in [5, 5.41) is 2.49. The quantitative estimate of drug-likeness (QED) is 0.225. The van der Waals surface area contributed by atoms with Crippen LogP contribution in [0.15, 0.2) is 36.4 Å². The Labute approximate surface area is 251 Å². The average molecular weight is 636 g/mol. The van der Waals surface area contributed by atoms with Gasteiger partial charge in [0.25, 0.3) is 0 Å². The molecule has 2 heterocycles. The third-order valence-corrected chi connectivity index (χ3v) is 8.92. The lowest BCUT2D eigenvalue weighted by molar-refractivity contribution is -0.155. The number of ether oxygens (including phenoxy) is 3. The van der Waals surface area contributed by atoms with E-state index in [2.05, 4.69) is 0 Å². The number of thioether (sulfide) groups is 1.